The van der Waals surface area contributed by atoms with Gasteiger partial charge < -0.3 is 25.4 Å². The number of pyridine rings is 1. The van der Waals surface area contributed by atoms with E-state index in [1.807, 2.05) is 38.1 Å². The van der Waals surface area contributed by atoms with Gasteiger partial charge in [-0.1, -0.05) is 12.1 Å². The number of hydrogen-bond donors (Lipinski definition) is 3. The standard InChI is InChI=1S/C19H24N4O4/c1-4-20-19(25)23-15-8-9-18(21-11-15)27-12-17(24)22-13(2)14-6-5-7-16(10-14)26-3/h5-11,13H,4,12H2,1-3H3,(H,22,24)(H2,20,23,25). The van der Waals surface area contributed by atoms with Gasteiger partial charge in [0.05, 0.1) is 25.0 Å². The van der Waals surface area contributed by atoms with Gasteiger partial charge in [-0.2, -0.15) is 0 Å². The summed E-state index contributed by atoms with van der Waals surface area (Å²) in [4.78, 5) is 27.6. The van der Waals surface area contributed by atoms with E-state index in [1.54, 1.807) is 19.2 Å². The molecule has 3 amide bonds. The third-order valence-electron chi connectivity index (χ3n) is 3.65. The van der Waals surface area contributed by atoms with Crippen molar-refractivity contribution in [3.63, 3.8) is 0 Å². The SMILES string of the molecule is CCNC(=O)Nc1ccc(OCC(=O)NC(C)c2cccc(OC)c2)nc1. The molecule has 0 fully saturated rings. The molecular weight excluding hydrogens is 348 g/mol. The van der Waals surface area contributed by atoms with Crippen LogP contribution in [0.2, 0.25) is 0 Å². The lowest BCUT2D eigenvalue weighted by Crippen LogP contribution is -2.31. The average Bonchev–Trinajstić information content (AvgIpc) is 2.67. The largest absolute Gasteiger partial charge is 0.497 e. The van der Waals surface area contributed by atoms with E-state index in [1.165, 1.54) is 6.20 Å². The maximum absolute atomic E-state index is 12.1. The van der Waals surface area contributed by atoms with Crippen LogP contribution < -0.4 is 25.4 Å². The third-order valence-corrected chi connectivity index (χ3v) is 3.65. The first-order valence-corrected chi connectivity index (χ1v) is 8.58. The van der Waals surface area contributed by atoms with E-state index in [9.17, 15) is 9.59 Å². The number of urea groups is 1. The monoisotopic (exact) mass is 372 g/mol. The number of anilines is 1. The molecule has 27 heavy (non-hydrogen) atoms. The van der Waals surface area contributed by atoms with Crippen LogP contribution in [0.5, 0.6) is 11.6 Å². The molecule has 0 saturated carbocycles. The molecule has 144 valence electrons. The number of nitrogens with one attached hydrogen (secondary N) is 3. The van der Waals surface area contributed by atoms with Crippen molar-refractivity contribution in [1.82, 2.24) is 15.6 Å². The van der Waals surface area contributed by atoms with Crippen molar-refractivity contribution in [3.05, 3.63) is 48.2 Å². The van der Waals surface area contributed by atoms with Crippen LogP contribution in [-0.2, 0) is 4.79 Å². The minimum absolute atomic E-state index is 0.162. The molecule has 1 heterocycles. The predicted octanol–water partition coefficient (Wildman–Crippen LogP) is 2.49. The van der Waals surface area contributed by atoms with Crippen LogP contribution in [0.25, 0.3) is 0 Å². The molecule has 2 rings (SSSR count). The lowest BCUT2D eigenvalue weighted by Gasteiger charge is -2.15. The van der Waals surface area contributed by atoms with Crippen LogP contribution in [0.3, 0.4) is 0 Å². The zero-order chi connectivity index (χ0) is 19.6. The molecule has 1 unspecified atom stereocenters. The molecule has 0 aliphatic rings. The molecule has 0 saturated heterocycles. The lowest BCUT2D eigenvalue weighted by atomic mass is 10.1. The highest BCUT2D eigenvalue weighted by Crippen LogP contribution is 2.18. The fourth-order valence-corrected chi connectivity index (χ4v) is 2.29. The third kappa shape index (κ3) is 6.50. The van der Waals surface area contributed by atoms with Gasteiger partial charge in [0, 0.05) is 12.6 Å². The van der Waals surface area contributed by atoms with E-state index in [4.69, 9.17) is 9.47 Å². The molecule has 1 aromatic heterocycles. The number of aromatic nitrogens is 1. The van der Waals surface area contributed by atoms with Crippen LogP contribution in [0.1, 0.15) is 25.5 Å². The summed E-state index contributed by atoms with van der Waals surface area (Å²) >= 11 is 0. The quantitative estimate of drug-likeness (QED) is 0.661. The van der Waals surface area contributed by atoms with E-state index in [0.29, 0.717) is 18.1 Å². The molecule has 1 atom stereocenters. The predicted molar refractivity (Wildman–Crippen MR) is 102 cm³/mol. The first kappa shape index (κ1) is 20.0. The second kappa shape index (κ2) is 10.0. The van der Waals surface area contributed by atoms with E-state index < -0.39 is 0 Å². The van der Waals surface area contributed by atoms with Gasteiger partial charge in [0.15, 0.2) is 6.61 Å². The summed E-state index contributed by atoms with van der Waals surface area (Å²) in [6, 6.07) is 10.2. The highest BCUT2D eigenvalue weighted by molar-refractivity contribution is 5.88. The second-order valence-corrected chi connectivity index (χ2v) is 5.72. The molecule has 0 aliphatic carbocycles. The summed E-state index contributed by atoms with van der Waals surface area (Å²) in [5, 5.41) is 8.11. The second-order valence-electron chi connectivity index (χ2n) is 5.72. The normalized spacial score (nSPS) is 11.2. The summed E-state index contributed by atoms with van der Waals surface area (Å²) in [5.41, 5.74) is 1.46. The molecule has 8 nitrogen and oxygen atoms in total. The van der Waals surface area contributed by atoms with Crippen molar-refractivity contribution < 1.29 is 19.1 Å². The first-order chi connectivity index (χ1) is 13.0. The van der Waals surface area contributed by atoms with Crippen LogP contribution >= 0.6 is 0 Å². The Kier molecular flexibility index (Phi) is 7.42. The number of carbonyl (C=O) groups excluding carboxylic acids is 2. The number of hydrogen-bond acceptors (Lipinski definition) is 5. The Hall–Kier alpha value is -3.29. The van der Waals surface area contributed by atoms with Crippen LogP contribution in [-0.4, -0.2) is 37.2 Å². The Labute approximate surface area is 158 Å². The Bertz CT molecular complexity index is 765. The Morgan fingerprint density at radius 3 is 2.70 bits per heavy atom. The molecule has 0 bridgehead atoms. The summed E-state index contributed by atoms with van der Waals surface area (Å²) in [5.74, 6) is 0.757. The molecule has 8 heteroatoms. The smallest absolute Gasteiger partial charge is 0.319 e. The van der Waals surface area contributed by atoms with E-state index in [-0.39, 0.29) is 24.6 Å². The summed E-state index contributed by atoms with van der Waals surface area (Å²) < 4.78 is 10.6. The van der Waals surface area contributed by atoms with Gasteiger partial charge in [-0.25, -0.2) is 9.78 Å². The zero-order valence-corrected chi connectivity index (χ0v) is 15.6. The van der Waals surface area contributed by atoms with Crippen molar-refractivity contribution in [2.75, 3.05) is 25.6 Å². The minimum Gasteiger partial charge on any atom is -0.497 e. The number of amides is 3. The summed E-state index contributed by atoms with van der Waals surface area (Å²) in [6.07, 6.45) is 1.46. The summed E-state index contributed by atoms with van der Waals surface area (Å²) in [6.45, 7) is 4.08. The number of methoxy groups -OCH3 is 1. The minimum atomic E-state index is -0.307. The number of ether oxygens (including phenoxy) is 2. The summed E-state index contributed by atoms with van der Waals surface area (Å²) in [7, 11) is 1.60. The number of rotatable bonds is 8. The van der Waals surface area contributed by atoms with Crippen LogP contribution in [0, 0.1) is 0 Å². The molecule has 0 aliphatic heterocycles. The maximum Gasteiger partial charge on any atom is 0.319 e. The highest BCUT2D eigenvalue weighted by Gasteiger charge is 2.11. The molecule has 1 aromatic carbocycles. The molecule has 3 N–H and O–H groups in total. The highest BCUT2D eigenvalue weighted by atomic mass is 16.5. The van der Waals surface area contributed by atoms with E-state index in [0.717, 1.165) is 11.3 Å². The van der Waals surface area contributed by atoms with Gasteiger partial charge >= 0.3 is 6.03 Å². The van der Waals surface area contributed by atoms with Gasteiger partial charge in [0.1, 0.15) is 5.75 Å². The van der Waals surface area contributed by atoms with Gasteiger partial charge in [-0.3, -0.25) is 4.79 Å². The maximum atomic E-state index is 12.1. The van der Waals surface area contributed by atoms with E-state index in [2.05, 4.69) is 20.9 Å². The van der Waals surface area contributed by atoms with E-state index >= 15 is 0 Å². The number of benzene rings is 1. The Morgan fingerprint density at radius 2 is 2.04 bits per heavy atom. The molecule has 0 radical (unpaired) electrons. The van der Waals surface area contributed by atoms with Crippen molar-refractivity contribution >= 4 is 17.6 Å². The molecular formula is C19H24N4O4. The average molecular weight is 372 g/mol. The Morgan fingerprint density at radius 1 is 1.22 bits per heavy atom. The first-order valence-electron chi connectivity index (χ1n) is 8.58. The fraction of sp³-hybridized carbons (Fsp3) is 0.316. The number of carbonyl (C=O) groups is 2. The van der Waals surface area contributed by atoms with Crippen LogP contribution in [0.15, 0.2) is 42.6 Å². The van der Waals surface area contributed by atoms with Gasteiger partial charge in [0.25, 0.3) is 5.91 Å². The Balaban J connectivity index is 1.81. The topological polar surface area (TPSA) is 102 Å². The molecule has 2 aromatic rings. The van der Waals surface area contributed by atoms with Crippen molar-refractivity contribution in [1.29, 1.82) is 0 Å². The van der Waals surface area contributed by atoms with Crippen molar-refractivity contribution in [3.8, 4) is 11.6 Å². The zero-order valence-electron chi connectivity index (χ0n) is 15.6. The molecule has 0 spiro atoms. The lowest BCUT2D eigenvalue weighted by molar-refractivity contribution is -0.123. The van der Waals surface area contributed by atoms with Crippen LogP contribution in [0.4, 0.5) is 10.5 Å². The van der Waals surface area contributed by atoms with Gasteiger partial charge in [0.2, 0.25) is 5.88 Å². The van der Waals surface area contributed by atoms with Gasteiger partial charge in [-0.15, -0.1) is 0 Å². The van der Waals surface area contributed by atoms with Crippen molar-refractivity contribution in [2.45, 2.75) is 19.9 Å². The van der Waals surface area contributed by atoms with Crippen molar-refractivity contribution in [2.24, 2.45) is 0 Å². The fourth-order valence-electron chi connectivity index (χ4n) is 2.29. The number of nitrogens with zero attached hydrogens (tertiary/aromatic N) is 1. The van der Waals surface area contributed by atoms with Gasteiger partial charge in [-0.05, 0) is 37.6 Å².